The van der Waals surface area contributed by atoms with Gasteiger partial charge in [-0.05, 0) is 12.1 Å². The molecule has 0 radical (unpaired) electrons. The van der Waals surface area contributed by atoms with Crippen LogP contribution in [0.4, 0.5) is 0 Å². The van der Waals surface area contributed by atoms with E-state index in [0.717, 1.165) is 10.1 Å². The molecule has 0 amide bonds. The number of pyridine rings is 1. The molecule has 0 aliphatic rings. The zero-order valence-electron chi connectivity index (χ0n) is 9.04. The van der Waals surface area contributed by atoms with E-state index in [1.807, 2.05) is 23.9 Å². The Morgan fingerprint density at radius 1 is 1.38 bits per heavy atom. The fourth-order valence-corrected chi connectivity index (χ4v) is 1.98. The highest BCUT2D eigenvalue weighted by Crippen LogP contribution is 2.24. The number of aromatic nitrogens is 3. The summed E-state index contributed by atoms with van der Waals surface area (Å²) in [6.45, 7) is 1.51. The first-order valence-electron chi connectivity index (χ1n) is 4.79. The molecule has 0 aromatic carbocycles. The molecule has 5 heteroatoms. The summed E-state index contributed by atoms with van der Waals surface area (Å²) < 4.78 is 1.93. The van der Waals surface area contributed by atoms with Gasteiger partial charge in [0, 0.05) is 37.5 Å². The summed E-state index contributed by atoms with van der Waals surface area (Å²) in [5, 5.41) is 0.900. The van der Waals surface area contributed by atoms with Gasteiger partial charge in [-0.3, -0.25) is 9.78 Å². The number of imidazole rings is 1. The molecular formula is C11H11N3OS. The van der Waals surface area contributed by atoms with Crippen molar-refractivity contribution in [2.45, 2.75) is 17.0 Å². The van der Waals surface area contributed by atoms with Crippen LogP contribution in [0.3, 0.4) is 0 Å². The summed E-state index contributed by atoms with van der Waals surface area (Å²) in [5.41, 5.74) is 0.490. The lowest BCUT2D eigenvalue weighted by Gasteiger charge is -2.01. The van der Waals surface area contributed by atoms with Gasteiger partial charge in [0.25, 0.3) is 0 Å². The van der Waals surface area contributed by atoms with Gasteiger partial charge in [0.05, 0.1) is 0 Å². The molecule has 0 spiro atoms. The molecule has 0 atom stereocenters. The molecule has 82 valence electrons. The molecule has 0 bridgehead atoms. The SMILES string of the molecule is CC(=O)c1ccc(Sc2nccn2C)cn1. The number of Topliss-reactive ketones (excluding diaryl/α,β-unsaturated/α-hetero) is 1. The maximum atomic E-state index is 11.0. The number of rotatable bonds is 3. The van der Waals surface area contributed by atoms with Crippen LogP contribution in [-0.2, 0) is 7.05 Å². The Bertz CT molecular complexity index is 504. The number of ketones is 1. The van der Waals surface area contributed by atoms with E-state index in [0.29, 0.717) is 5.69 Å². The van der Waals surface area contributed by atoms with E-state index in [-0.39, 0.29) is 5.78 Å². The van der Waals surface area contributed by atoms with Gasteiger partial charge < -0.3 is 4.57 Å². The largest absolute Gasteiger partial charge is 0.329 e. The van der Waals surface area contributed by atoms with Gasteiger partial charge in [-0.2, -0.15) is 0 Å². The zero-order valence-corrected chi connectivity index (χ0v) is 9.86. The first-order chi connectivity index (χ1) is 7.66. The second kappa shape index (κ2) is 4.49. The van der Waals surface area contributed by atoms with Crippen LogP contribution in [0.1, 0.15) is 17.4 Å². The van der Waals surface area contributed by atoms with Gasteiger partial charge in [0.2, 0.25) is 0 Å². The average molecular weight is 233 g/mol. The van der Waals surface area contributed by atoms with Crippen LogP contribution < -0.4 is 0 Å². The molecule has 2 heterocycles. The summed E-state index contributed by atoms with van der Waals surface area (Å²) in [5.74, 6) is -0.0199. The molecular weight excluding hydrogens is 222 g/mol. The van der Waals surface area contributed by atoms with Crippen LogP contribution in [0.25, 0.3) is 0 Å². The fraction of sp³-hybridized carbons (Fsp3) is 0.182. The monoisotopic (exact) mass is 233 g/mol. The molecule has 4 nitrogen and oxygen atoms in total. The van der Waals surface area contributed by atoms with Crippen molar-refractivity contribution in [1.29, 1.82) is 0 Å². The maximum Gasteiger partial charge on any atom is 0.178 e. The topological polar surface area (TPSA) is 47.8 Å². The Morgan fingerprint density at radius 3 is 2.69 bits per heavy atom. The van der Waals surface area contributed by atoms with Crippen molar-refractivity contribution in [3.05, 3.63) is 36.4 Å². The van der Waals surface area contributed by atoms with Crippen molar-refractivity contribution in [1.82, 2.24) is 14.5 Å². The molecule has 2 aromatic rings. The fourth-order valence-electron chi connectivity index (χ4n) is 1.20. The Kier molecular flexibility index (Phi) is 3.05. The van der Waals surface area contributed by atoms with Crippen LogP contribution >= 0.6 is 11.8 Å². The number of hydrogen-bond donors (Lipinski definition) is 0. The van der Waals surface area contributed by atoms with Gasteiger partial charge in [-0.1, -0.05) is 11.8 Å². The summed E-state index contributed by atoms with van der Waals surface area (Å²) in [6.07, 6.45) is 5.33. The highest BCUT2D eigenvalue weighted by atomic mass is 32.2. The third-order valence-corrected chi connectivity index (χ3v) is 3.14. The Labute approximate surface area is 97.7 Å². The normalized spacial score (nSPS) is 10.4. The van der Waals surface area contributed by atoms with Crippen molar-refractivity contribution in [3.63, 3.8) is 0 Å². The minimum atomic E-state index is -0.0199. The summed E-state index contributed by atoms with van der Waals surface area (Å²) in [7, 11) is 1.94. The zero-order chi connectivity index (χ0) is 11.5. The molecule has 0 unspecified atom stereocenters. The molecule has 2 rings (SSSR count). The third kappa shape index (κ3) is 2.30. The second-order valence-electron chi connectivity index (χ2n) is 3.36. The van der Waals surface area contributed by atoms with Crippen molar-refractivity contribution in [3.8, 4) is 0 Å². The van der Waals surface area contributed by atoms with E-state index in [9.17, 15) is 4.79 Å². The minimum Gasteiger partial charge on any atom is -0.329 e. The molecule has 16 heavy (non-hydrogen) atoms. The van der Waals surface area contributed by atoms with Crippen molar-refractivity contribution in [2.75, 3.05) is 0 Å². The van der Waals surface area contributed by atoms with Crippen LogP contribution in [-0.4, -0.2) is 20.3 Å². The van der Waals surface area contributed by atoms with Crippen LogP contribution in [0, 0.1) is 0 Å². The average Bonchev–Trinajstić information content (AvgIpc) is 2.65. The number of carbonyl (C=O) groups is 1. The Morgan fingerprint density at radius 2 is 2.19 bits per heavy atom. The van der Waals surface area contributed by atoms with E-state index < -0.39 is 0 Å². The molecule has 0 saturated heterocycles. The summed E-state index contributed by atoms with van der Waals surface area (Å²) >= 11 is 1.52. The van der Waals surface area contributed by atoms with Gasteiger partial charge in [0.1, 0.15) is 5.69 Å². The predicted octanol–water partition coefficient (Wildman–Crippen LogP) is 2.17. The molecule has 0 saturated carbocycles. The molecule has 0 aliphatic heterocycles. The summed E-state index contributed by atoms with van der Waals surface area (Å²) in [6, 6.07) is 3.61. The lowest BCUT2D eigenvalue weighted by atomic mass is 10.3. The molecule has 0 fully saturated rings. The Hall–Kier alpha value is -1.62. The van der Waals surface area contributed by atoms with Gasteiger partial charge in [-0.15, -0.1) is 0 Å². The summed E-state index contributed by atoms with van der Waals surface area (Å²) in [4.78, 5) is 20.3. The number of nitrogens with zero attached hydrogens (tertiary/aromatic N) is 3. The van der Waals surface area contributed by atoms with E-state index in [2.05, 4.69) is 9.97 Å². The van der Waals surface area contributed by atoms with Crippen LogP contribution in [0.5, 0.6) is 0 Å². The number of hydrogen-bond acceptors (Lipinski definition) is 4. The molecule has 2 aromatic heterocycles. The Balaban J connectivity index is 2.17. The predicted molar refractivity (Wildman–Crippen MR) is 61.6 cm³/mol. The minimum absolute atomic E-state index is 0.0199. The third-order valence-electron chi connectivity index (χ3n) is 2.08. The lowest BCUT2D eigenvalue weighted by Crippen LogP contribution is -1.95. The van der Waals surface area contributed by atoms with Crippen molar-refractivity contribution >= 4 is 17.5 Å². The number of carbonyl (C=O) groups excluding carboxylic acids is 1. The second-order valence-corrected chi connectivity index (χ2v) is 4.40. The standard InChI is InChI=1S/C11H11N3OS/c1-8(15)10-4-3-9(7-13-10)16-11-12-5-6-14(11)2/h3-7H,1-2H3. The first-order valence-corrected chi connectivity index (χ1v) is 5.60. The quantitative estimate of drug-likeness (QED) is 0.762. The van der Waals surface area contributed by atoms with Gasteiger partial charge in [0.15, 0.2) is 10.9 Å². The highest BCUT2D eigenvalue weighted by molar-refractivity contribution is 7.99. The molecule has 0 N–H and O–H groups in total. The van der Waals surface area contributed by atoms with Crippen LogP contribution in [0.2, 0.25) is 0 Å². The van der Waals surface area contributed by atoms with Gasteiger partial charge in [-0.25, -0.2) is 4.98 Å². The van der Waals surface area contributed by atoms with E-state index in [1.54, 1.807) is 18.5 Å². The highest BCUT2D eigenvalue weighted by Gasteiger charge is 2.04. The first kappa shape index (κ1) is 10.9. The number of aryl methyl sites for hydroxylation is 1. The van der Waals surface area contributed by atoms with Crippen LogP contribution in [0.15, 0.2) is 40.8 Å². The van der Waals surface area contributed by atoms with E-state index >= 15 is 0 Å². The maximum absolute atomic E-state index is 11.0. The van der Waals surface area contributed by atoms with Crippen molar-refractivity contribution in [2.24, 2.45) is 7.05 Å². The lowest BCUT2D eigenvalue weighted by molar-refractivity contribution is 0.101. The molecule has 0 aliphatic carbocycles. The van der Waals surface area contributed by atoms with Crippen molar-refractivity contribution < 1.29 is 4.79 Å². The van der Waals surface area contributed by atoms with Gasteiger partial charge >= 0.3 is 0 Å². The smallest absolute Gasteiger partial charge is 0.178 e. The van der Waals surface area contributed by atoms with E-state index in [1.165, 1.54) is 18.7 Å². The van der Waals surface area contributed by atoms with E-state index in [4.69, 9.17) is 0 Å².